The second-order valence-corrected chi connectivity index (χ2v) is 5.82. The van der Waals surface area contributed by atoms with E-state index >= 15 is 0 Å². The average Bonchev–Trinajstić information content (AvgIpc) is 2.74. The van der Waals surface area contributed by atoms with Gasteiger partial charge < -0.3 is 5.73 Å². The number of hydrogen-bond acceptors (Lipinski definition) is 5. The van der Waals surface area contributed by atoms with Gasteiger partial charge in [-0.25, -0.2) is 0 Å². The molecule has 0 aliphatic heterocycles. The highest BCUT2D eigenvalue weighted by molar-refractivity contribution is 9.10. The van der Waals surface area contributed by atoms with Gasteiger partial charge in [-0.05, 0) is 33.3 Å². The fourth-order valence-corrected chi connectivity index (χ4v) is 2.98. The summed E-state index contributed by atoms with van der Waals surface area (Å²) in [6, 6.07) is 8.13. The van der Waals surface area contributed by atoms with E-state index in [1.807, 2.05) is 18.2 Å². The molecule has 0 aliphatic rings. The number of aromatic nitrogens is 4. The molecule has 0 aliphatic carbocycles. The lowest BCUT2D eigenvalue weighted by atomic mass is 10.2. The number of aryl methyl sites for hydroxylation is 1. The molecule has 1 aromatic heterocycles. The van der Waals surface area contributed by atoms with Crippen molar-refractivity contribution in [2.45, 2.75) is 17.4 Å². The van der Waals surface area contributed by atoms with Crippen LogP contribution in [-0.2, 0) is 13.5 Å². The number of benzene rings is 1. The van der Waals surface area contributed by atoms with Crippen LogP contribution in [0.3, 0.4) is 0 Å². The van der Waals surface area contributed by atoms with Gasteiger partial charge in [0.2, 0.25) is 0 Å². The molecule has 2 N–H and O–H groups in total. The van der Waals surface area contributed by atoms with Crippen LogP contribution >= 0.6 is 27.7 Å². The number of tetrazole rings is 1. The summed E-state index contributed by atoms with van der Waals surface area (Å²) in [5.41, 5.74) is 6.06. The number of halogens is 1. The number of thioether (sulfide) groups is 1. The molecular weight excluding hydrogens is 314 g/mol. The molecule has 1 heterocycles. The fraction of sp³-hybridized carbons (Fsp3) is 0.364. The molecule has 7 heteroatoms. The quantitative estimate of drug-likeness (QED) is 0.845. The van der Waals surface area contributed by atoms with Crippen molar-refractivity contribution in [3.8, 4) is 0 Å². The number of nitrogens with two attached hydrogens (primary N) is 1. The summed E-state index contributed by atoms with van der Waals surface area (Å²) in [6.07, 6.45) is 0.644. The Morgan fingerprint density at radius 3 is 2.89 bits per heavy atom. The third-order valence-corrected chi connectivity index (χ3v) is 4.50. The second kappa shape index (κ2) is 6.31. The number of hydrogen-bond donors (Lipinski definition) is 1. The van der Waals surface area contributed by atoms with E-state index in [1.54, 1.807) is 18.8 Å². The zero-order valence-electron chi connectivity index (χ0n) is 9.95. The first kappa shape index (κ1) is 13.5. The van der Waals surface area contributed by atoms with Crippen LogP contribution in [0.4, 0.5) is 0 Å². The molecule has 2 aromatic rings. The van der Waals surface area contributed by atoms with Crippen molar-refractivity contribution in [2.75, 3.05) is 5.75 Å². The van der Waals surface area contributed by atoms with Crippen molar-refractivity contribution >= 4 is 27.7 Å². The summed E-state index contributed by atoms with van der Waals surface area (Å²) in [6.45, 7) is 0. The van der Waals surface area contributed by atoms with E-state index in [0.29, 0.717) is 12.2 Å². The average molecular weight is 328 g/mol. The Morgan fingerprint density at radius 1 is 1.44 bits per heavy atom. The van der Waals surface area contributed by atoms with E-state index in [2.05, 4.69) is 37.4 Å². The molecule has 0 amide bonds. The van der Waals surface area contributed by atoms with Crippen molar-refractivity contribution in [3.05, 3.63) is 34.6 Å². The lowest BCUT2D eigenvalue weighted by Gasteiger charge is -2.09. The van der Waals surface area contributed by atoms with Gasteiger partial charge in [0, 0.05) is 27.6 Å². The second-order valence-electron chi connectivity index (χ2n) is 3.90. The molecule has 18 heavy (non-hydrogen) atoms. The Morgan fingerprint density at radius 2 is 2.22 bits per heavy atom. The van der Waals surface area contributed by atoms with E-state index in [0.717, 1.165) is 10.2 Å². The molecule has 0 saturated carbocycles. The molecule has 0 saturated heterocycles. The minimum absolute atomic E-state index is 0.0197. The van der Waals surface area contributed by atoms with Gasteiger partial charge in [-0.3, -0.25) is 0 Å². The standard InChI is InChI=1S/C11H14BrN5S/c1-17-15-11(14-16-17)6-8(13)7-18-10-5-3-2-4-9(10)12/h2-5,8H,6-7,13H2,1H3. The van der Waals surface area contributed by atoms with Crippen molar-refractivity contribution in [1.82, 2.24) is 20.2 Å². The lowest BCUT2D eigenvalue weighted by Crippen LogP contribution is -2.26. The van der Waals surface area contributed by atoms with E-state index in [1.165, 1.54) is 9.69 Å². The van der Waals surface area contributed by atoms with E-state index < -0.39 is 0 Å². The predicted octanol–water partition coefficient (Wildman–Crippen LogP) is 1.63. The first-order valence-electron chi connectivity index (χ1n) is 5.51. The summed E-state index contributed by atoms with van der Waals surface area (Å²) in [7, 11) is 1.75. The highest BCUT2D eigenvalue weighted by Crippen LogP contribution is 2.27. The molecule has 96 valence electrons. The van der Waals surface area contributed by atoms with Gasteiger partial charge in [-0.15, -0.1) is 22.0 Å². The topological polar surface area (TPSA) is 69.6 Å². The SMILES string of the molecule is Cn1nnc(CC(N)CSc2ccccc2Br)n1. The molecule has 0 spiro atoms. The maximum absolute atomic E-state index is 6.06. The minimum atomic E-state index is 0.0197. The highest BCUT2D eigenvalue weighted by atomic mass is 79.9. The third kappa shape index (κ3) is 3.79. The molecule has 1 unspecified atom stereocenters. The van der Waals surface area contributed by atoms with Crippen LogP contribution in [0, 0.1) is 0 Å². The smallest absolute Gasteiger partial charge is 0.176 e. The van der Waals surface area contributed by atoms with Crippen LogP contribution in [0.2, 0.25) is 0 Å². The summed E-state index contributed by atoms with van der Waals surface area (Å²) >= 11 is 5.24. The number of rotatable bonds is 5. The third-order valence-electron chi connectivity index (χ3n) is 2.28. The fourth-order valence-electron chi connectivity index (χ4n) is 1.46. The summed E-state index contributed by atoms with van der Waals surface area (Å²) in [5, 5.41) is 11.8. The van der Waals surface area contributed by atoms with E-state index in [9.17, 15) is 0 Å². The summed E-state index contributed by atoms with van der Waals surface area (Å²) in [4.78, 5) is 2.64. The molecule has 1 aromatic carbocycles. The van der Waals surface area contributed by atoms with Crippen LogP contribution in [0.15, 0.2) is 33.6 Å². The van der Waals surface area contributed by atoms with Gasteiger partial charge in [-0.2, -0.15) is 4.80 Å². The predicted molar refractivity (Wildman–Crippen MR) is 75.3 cm³/mol. The van der Waals surface area contributed by atoms with E-state index in [-0.39, 0.29) is 6.04 Å². The Bertz CT molecular complexity index is 516. The molecule has 2 rings (SSSR count). The van der Waals surface area contributed by atoms with Crippen molar-refractivity contribution < 1.29 is 0 Å². The van der Waals surface area contributed by atoms with Gasteiger partial charge in [0.05, 0.1) is 7.05 Å². The Hall–Kier alpha value is -0.920. The number of nitrogens with zero attached hydrogens (tertiary/aromatic N) is 4. The maximum Gasteiger partial charge on any atom is 0.176 e. The zero-order valence-corrected chi connectivity index (χ0v) is 12.4. The minimum Gasteiger partial charge on any atom is -0.327 e. The highest BCUT2D eigenvalue weighted by Gasteiger charge is 2.10. The van der Waals surface area contributed by atoms with Gasteiger partial charge in [0.25, 0.3) is 0 Å². The zero-order chi connectivity index (χ0) is 13.0. The largest absolute Gasteiger partial charge is 0.327 e. The first-order valence-corrected chi connectivity index (χ1v) is 7.29. The van der Waals surface area contributed by atoms with Gasteiger partial charge in [0.15, 0.2) is 5.82 Å². The Kier molecular flexibility index (Phi) is 4.73. The van der Waals surface area contributed by atoms with Gasteiger partial charge in [0.1, 0.15) is 0 Å². The normalized spacial score (nSPS) is 12.6. The molecule has 0 fully saturated rings. The van der Waals surface area contributed by atoms with Crippen molar-refractivity contribution in [3.63, 3.8) is 0 Å². The van der Waals surface area contributed by atoms with Crippen molar-refractivity contribution in [1.29, 1.82) is 0 Å². The molecule has 0 radical (unpaired) electrons. The molecule has 1 atom stereocenters. The summed E-state index contributed by atoms with van der Waals surface area (Å²) < 4.78 is 1.10. The van der Waals surface area contributed by atoms with Crippen LogP contribution in [0.25, 0.3) is 0 Å². The van der Waals surface area contributed by atoms with Crippen molar-refractivity contribution in [2.24, 2.45) is 12.8 Å². The molecule has 0 bridgehead atoms. The van der Waals surface area contributed by atoms with Crippen LogP contribution in [0.1, 0.15) is 5.82 Å². The monoisotopic (exact) mass is 327 g/mol. The Labute approximate surface area is 118 Å². The Balaban J connectivity index is 1.85. The maximum atomic E-state index is 6.06. The van der Waals surface area contributed by atoms with Crippen LogP contribution in [-0.4, -0.2) is 32.0 Å². The van der Waals surface area contributed by atoms with Gasteiger partial charge >= 0.3 is 0 Å². The van der Waals surface area contributed by atoms with Crippen LogP contribution in [0.5, 0.6) is 0 Å². The lowest BCUT2D eigenvalue weighted by molar-refractivity contribution is 0.624. The summed E-state index contributed by atoms with van der Waals surface area (Å²) in [5.74, 6) is 1.51. The first-order chi connectivity index (χ1) is 8.65. The van der Waals surface area contributed by atoms with Crippen LogP contribution < -0.4 is 5.73 Å². The van der Waals surface area contributed by atoms with E-state index in [4.69, 9.17) is 5.73 Å². The molecular formula is C11H14BrN5S. The molecule has 5 nitrogen and oxygen atoms in total. The van der Waals surface area contributed by atoms with Gasteiger partial charge in [-0.1, -0.05) is 12.1 Å².